The normalized spacial score (nSPS) is 39.6. The molecule has 0 radical (unpaired) electrons. The summed E-state index contributed by atoms with van der Waals surface area (Å²) in [6.07, 6.45) is 6.25. The molecule has 3 atom stereocenters. The molecule has 2 fully saturated rings. The van der Waals surface area contributed by atoms with Crippen LogP contribution in [0.15, 0.2) is 0 Å². The third-order valence-electron chi connectivity index (χ3n) is 3.59. The standard InChI is InChI=1S/C10H16O2/c1-12-10(11)9-6-5-7-3-2-4-8(7)9/h7-9H,2-6H2,1H3/t7-,8+,9-/m1/s1. The molecule has 0 unspecified atom stereocenters. The van der Waals surface area contributed by atoms with E-state index in [1.54, 1.807) is 0 Å². The summed E-state index contributed by atoms with van der Waals surface area (Å²) in [5.74, 6) is 1.78. The van der Waals surface area contributed by atoms with Gasteiger partial charge in [-0.1, -0.05) is 12.8 Å². The lowest BCUT2D eigenvalue weighted by molar-refractivity contribution is -0.146. The van der Waals surface area contributed by atoms with Gasteiger partial charge in [-0.2, -0.15) is 0 Å². The summed E-state index contributed by atoms with van der Waals surface area (Å²) in [6.45, 7) is 0. The van der Waals surface area contributed by atoms with Crippen LogP contribution in [0.25, 0.3) is 0 Å². The molecular weight excluding hydrogens is 152 g/mol. The number of rotatable bonds is 1. The average Bonchev–Trinajstić information content (AvgIpc) is 2.62. The van der Waals surface area contributed by atoms with Gasteiger partial charge in [-0.25, -0.2) is 0 Å². The van der Waals surface area contributed by atoms with Crippen molar-refractivity contribution in [3.8, 4) is 0 Å². The van der Waals surface area contributed by atoms with Crippen LogP contribution < -0.4 is 0 Å². The van der Waals surface area contributed by atoms with E-state index in [4.69, 9.17) is 4.74 Å². The van der Waals surface area contributed by atoms with Gasteiger partial charge in [0.15, 0.2) is 0 Å². The van der Waals surface area contributed by atoms with Gasteiger partial charge in [-0.15, -0.1) is 0 Å². The van der Waals surface area contributed by atoms with E-state index >= 15 is 0 Å². The zero-order valence-electron chi connectivity index (χ0n) is 7.58. The zero-order chi connectivity index (χ0) is 8.55. The second-order valence-electron chi connectivity index (χ2n) is 4.06. The van der Waals surface area contributed by atoms with E-state index in [0.717, 1.165) is 12.3 Å². The van der Waals surface area contributed by atoms with Crippen molar-refractivity contribution in [1.29, 1.82) is 0 Å². The molecule has 0 bridgehead atoms. The molecule has 0 aromatic rings. The van der Waals surface area contributed by atoms with E-state index in [1.165, 1.54) is 32.8 Å². The van der Waals surface area contributed by atoms with Gasteiger partial charge in [0.25, 0.3) is 0 Å². The van der Waals surface area contributed by atoms with Crippen LogP contribution in [0.4, 0.5) is 0 Å². The Bertz CT molecular complexity index is 188. The SMILES string of the molecule is COC(=O)[C@@H]1CC[C@H]2CCC[C@@H]21. The highest BCUT2D eigenvalue weighted by molar-refractivity contribution is 5.73. The first kappa shape index (κ1) is 8.09. The van der Waals surface area contributed by atoms with E-state index in [2.05, 4.69) is 0 Å². The highest BCUT2D eigenvalue weighted by Crippen LogP contribution is 2.47. The van der Waals surface area contributed by atoms with Gasteiger partial charge in [0, 0.05) is 0 Å². The van der Waals surface area contributed by atoms with Gasteiger partial charge in [0.2, 0.25) is 0 Å². The minimum absolute atomic E-state index is 0.0319. The van der Waals surface area contributed by atoms with E-state index in [0.29, 0.717) is 5.92 Å². The predicted molar refractivity (Wildman–Crippen MR) is 45.6 cm³/mol. The number of esters is 1. The average molecular weight is 168 g/mol. The highest BCUT2D eigenvalue weighted by Gasteiger charge is 2.42. The summed E-state index contributed by atoms with van der Waals surface area (Å²) in [5, 5.41) is 0. The Labute approximate surface area is 73.3 Å². The first-order valence-electron chi connectivity index (χ1n) is 4.90. The molecule has 2 aliphatic rings. The van der Waals surface area contributed by atoms with Crippen LogP contribution in [-0.4, -0.2) is 13.1 Å². The second-order valence-corrected chi connectivity index (χ2v) is 4.06. The van der Waals surface area contributed by atoms with Crippen molar-refractivity contribution in [3.05, 3.63) is 0 Å². The molecule has 0 aromatic carbocycles. The van der Waals surface area contributed by atoms with Crippen LogP contribution in [-0.2, 0) is 9.53 Å². The second kappa shape index (κ2) is 3.08. The largest absolute Gasteiger partial charge is 0.469 e. The van der Waals surface area contributed by atoms with Crippen molar-refractivity contribution >= 4 is 5.97 Å². The molecule has 0 amide bonds. The molecule has 0 spiro atoms. The smallest absolute Gasteiger partial charge is 0.308 e. The third-order valence-corrected chi connectivity index (χ3v) is 3.59. The maximum atomic E-state index is 11.3. The first-order chi connectivity index (χ1) is 5.83. The lowest BCUT2D eigenvalue weighted by atomic mass is 9.92. The van der Waals surface area contributed by atoms with E-state index in [-0.39, 0.29) is 11.9 Å². The Balaban J connectivity index is 2.04. The molecule has 0 aliphatic heterocycles. The maximum Gasteiger partial charge on any atom is 0.308 e. The summed E-state index contributed by atoms with van der Waals surface area (Å²) in [6, 6.07) is 0. The Morgan fingerprint density at radius 1 is 1.25 bits per heavy atom. The maximum absolute atomic E-state index is 11.3. The van der Waals surface area contributed by atoms with Crippen molar-refractivity contribution in [2.45, 2.75) is 32.1 Å². The van der Waals surface area contributed by atoms with Crippen LogP contribution in [0.2, 0.25) is 0 Å². The van der Waals surface area contributed by atoms with Crippen LogP contribution in [0.5, 0.6) is 0 Å². The molecule has 2 rings (SSSR count). The summed E-state index contributed by atoms with van der Waals surface area (Å²) in [4.78, 5) is 11.3. The lowest BCUT2D eigenvalue weighted by Gasteiger charge is -2.15. The number of carbonyl (C=O) groups is 1. The van der Waals surface area contributed by atoms with Gasteiger partial charge in [-0.3, -0.25) is 4.79 Å². The third kappa shape index (κ3) is 1.13. The lowest BCUT2D eigenvalue weighted by Crippen LogP contribution is -2.20. The fourth-order valence-electron chi connectivity index (χ4n) is 3.01. The topological polar surface area (TPSA) is 26.3 Å². The number of fused-ring (bicyclic) bond motifs is 1. The molecular formula is C10H16O2. The van der Waals surface area contributed by atoms with Crippen molar-refractivity contribution in [1.82, 2.24) is 0 Å². The van der Waals surface area contributed by atoms with Crippen LogP contribution in [0.1, 0.15) is 32.1 Å². The van der Waals surface area contributed by atoms with Gasteiger partial charge in [0.05, 0.1) is 13.0 Å². The van der Waals surface area contributed by atoms with Crippen LogP contribution in [0, 0.1) is 17.8 Å². The van der Waals surface area contributed by atoms with Crippen LogP contribution >= 0.6 is 0 Å². The van der Waals surface area contributed by atoms with Crippen molar-refractivity contribution < 1.29 is 9.53 Å². The Kier molecular flexibility index (Phi) is 2.07. The Hall–Kier alpha value is -0.530. The number of methoxy groups -OCH3 is 1. The Morgan fingerprint density at radius 3 is 2.83 bits per heavy atom. The summed E-state index contributed by atoms with van der Waals surface area (Å²) in [5.41, 5.74) is 0. The number of hydrogen-bond acceptors (Lipinski definition) is 2. The van der Waals surface area contributed by atoms with Crippen molar-refractivity contribution in [2.24, 2.45) is 17.8 Å². The summed E-state index contributed by atoms with van der Waals surface area (Å²) in [7, 11) is 1.50. The predicted octanol–water partition coefficient (Wildman–Crippen LogP) is 1.99. The molecule has 2 aliphatic carbocycles. The van der Waals surface area contributed by atoms with Gasteiger partial charge in [-0.05, 0) is 31.1 Å². The molecule has 2 saturated carbocycles. The quantitative estimate of drug-likeness (QED) is 0.560. The molecule has 0 saturated heterocycles. The summed E-state index contributed by atoms with van der Waals surface area (Å²) < 4.78 is 4.80. The number of hydrogen-bond donors (Lipinski definition) is 0. The molecule has 2 heteroatoms. The zero-order valence-corrected chi connectivity index (χ0v) is 7.58. The van der Waals surface area contributed by atoms with E-state index < -0.39 is 0 Å². The van der Waals surface area contributed by atoms with Gasteiger partial charge < -0.3 is 4.74 Å². The monoisotopic (exact) mass is 168 g/mol. The Morgan fingerprint density at radius 2 is 2.08 bits per heavy atom. The molecule has 2 nitrogen and oxygen atoms in total. The molecule has 12 heavy (non-hydrogen) atoms. The minimum Gasteiger partial charge on any atom is -0.469 e. The van der Waals surface area contributed by atoms with Gasteiger partial charge in [0.1, 0.15) is 0 Å². The first-order valence-corrected chi connectivity index (χ1v) is 4.90. The fourth-order valence-corrected chi connectivity index (χ4v) is 3.01. The van der Waals surface area contributed by atoms with E-state index in [1.807, 2.05) is 0 Å². The highest BCUT2D eigenvalue weighted by atomic mass is 16.5. The van der Waals surface area contributed by atoms with Crippen molar-refractivity contribution in [3.63, 3.8) is 0 Å². The number of ether oxygens (including phenoxy) is 1. The number of carbonyl (C=O) groups excluding carboxylic acids is 1. The van der Waals surface area contributed by atoms with E-state index in [9.17, 15) is 4.79 Å². The van der Waals surface area contributed by atoms with Gasteiger partial charge >= 0.3 is 5.97 Å². The molecule has 68 valence electrons. The summed E-state index contributed by atoms with van der Waals surface area (Å²) >= 11 is 0. The fraction of sp³-hybridized carbons (Fsp3) is 0.900. The minimum atomic E-state index is 0.0319. The molecule has 0 heterocycles. The molecule has 0 N–H and O–H groups in total. The molecule has 0 aromatic heterocycles. The van der Waals surface area contributed by atoms with Crippen molar-refractivity contribution in [2.75, 3.05) is 7.11 Å². The van der Waals surface area contributed by atoms with Crippen LogP contribution in [0.3, 0.4) is 0 Å².